The number of nitrogens with one attached hydrogen (secondary N) is 2. The summed E-state index contributed by atoms with van der Waals surface area (Å²) in [5.41, 5.74) is 0.424. The molecule has 1 aromatic carbocycles. The highest BCUT2D eigenvalue weighted by molar-refractivity contribution is 6.15. The second kappa shape index (κ2) is 5.14. The molecule has 6 heteroatoms. The van der Waals surface area contributed by atoms with Gasteiger partial charge in [-0.25, -0.2) is 0 Å². The number of fused-ring (bicyclic) bond motifs is 4. The Balaban J connectivity index is 1.57. The number of imide groups is 1. The summed E-state index contributed by atoms with van der Waals surface area (Å²) in [6, 6.07) is 7.47. The van der Waals surface area contributed by atoms with E-state index in [2.05, 4.69) is 10.6 Å². The second-order valence-electron chi connectivity index (χ2n) is 7.61. The largest absolute Gasteiger partial charge is 0.324 e. The van der Waals surface area contributed by atoms with Gasteiger partial charge in [-0.05, 0) is 18.9 Å². The minimum atomic E-state index is -1.10. The lowest BCUT2D eigenvalue weighted by Gasteiger charge is -2.33. The van der Waals surface area contributed by atoms with Crippen molar-refractivity contribution in [2.24, 2.45) is 11.8 Å². The molecular weight excluding hydrogens is 318 g/mol. The van der Waals surface area contributed by atoms with E-state index < -0.39 is 17.4 Å². The number of amides is 3. The van der Waals surface area contributed by atoms with Crippen LogP contribution in [-0.2, 0) is 19.9 Å². The molecule has 0 bridgehead atoms. The van der Waals surface area contributed by atoms with E-state index in [0.29, 0.717) is 6.54 Å². The van der Waals surface area contributed by atoms with E-state index in [9.17, 15) is 14.4 Å². The minimum Gasteiger partial charge on any atom is -0.324 e. The molecule has 3 aliphatic heterocycles. The molecule has 0 aromatic heterocycles. The van der Waals surface area contributed by atoms with Crippen LogP contribution in [0.25, 0.3) is 0 Å². The topological polar surface area (TPSA) is 78.5 Å². The van der Waals surface area contributed by atoms with Crippen LogP contribution in [0, 0.1) is 11.8 Å². The van der Waals surface area contributed by atoms with Crippen LogP contribution >= 0.6 is 0 Å². The fraction of sp³-hybridized carbons (Fsp3) is 0.526. The number of hydrogen-bond donors (Lipinski definition) is 2. The first-order chi connectivity index (χ1) is 12.1. The van der Waals surface area contributed by atoms with Crippen LogP contribution in [0.2, 0.25) is 0 Å². The van der Waals surface area contributed by atoms with Crippen molar-refractivity contribution in [1.29, 1.82) is 0 Å². The average molecular weight is 339 g/mol. The van der Waals surface area contributed by atoms with Crippen LogP contribution in [0.4, 0.5) is 5.69 Å². The molecular formula is C19H21N3O3. The molecule has 1 aliphatic carbocycles. The van der Waals surface area contributed by atoms with E-state index in [4.69, 9.17) is 0 Å². The molecule has 25 heavy (non-hydrogen) atoms. The van der Waals surface area contributed by atoms with Crippen LogP contribution in [0.15, 0.2) is 24.3 Å². The molecule has 3 heterocycles. The lowest BCUT2D eigenvalue weighted by Crippen LogP contribution is -2.53. The lowest BCUT2D eigenvalue weighted by atomic mass is 9.77. The molecule has 0 unspecified atom stereocenters. The van der Waals surface area contributed by atoms with Crippen molar-refractivity contribution in [3.05, 3.63) is 29.8 Å². The summed E-state index contributed by atoms with van der Waals surface area (Å²) in [5, 5.41) is 6.13. The highest BCUT2D eigenvalue weighted by Gasteiger charge is 2.68. The van der Waals surface area contributed by atoms with E-state index in [0.717, 1.165) is 36.9 Å². The van der Waals surface area contributed by atoms with Crippen molar-refractivity contribution in [3.63, 3.8) is 0 Å². The van der Waals surface area contributed by atoms with Gasteiger partial charge in [0.15, 0.2) is 0 Å². The van der Waals surface area contributed by atoms with Gasteiger partial charge in [0.05, 0.1) is 11.8 Å². The number of likely N-dealkylation sites (tertiary alicyclic amines) is 1. The quantitative estimate of drug-likeness (QED) is 0.758. The van der Waals surface area contributed by atoms with Crippen molar-refractivity contribution in [1.82, 2.24) is 10.2 Å². The summed E-state index contributed by atoms with van der Waals surface area (Å²) < 4.78 is 0. The maximum Gasteiger partial charge on any atom is 0.250 e. The number of hydrogen-bond acceptors (Lipinski definition) is 4. The summed E-state index contributed by atoms with van der Waals surface area (Å²) >= 11 is 0. The van der Waals surface area contributed by atoms with Crippen molar-refractivity contribution in [2.75, 3.05) is 11.9 Å². The van der Waals surface area contributed by atoms with Crippen LogP contribution in [0.5, 0.6) is 0 Å². The standard InChI is InChI=1S/C19H21N3O3/c23-16-12-10-20-19(13-8-4-5-9-14(13)21-18(19)25)15(12)17(24)22(16)11-6-2-1-3-7-11/h4-5,8-9,11-12,15,20H,1-3,6-7,10H2,(H,21,25)/t12-,15+,19-/m0/s1. The zero-order valence-electron chi connectivity index (χ0n) is 14.0. The number of anilines is 1. The van der Waals surface area contributed by atoms with Gasteiger partial charge in [-0.2, -0.15) is 0 Å². The number of para-hydroxylation sites is 1. The van der Waals surface area contributed by atoms with Gasteiger partial charge in [0.25, 0.3) is 0 Å². The van der Waals surface area contributed by atoms with Crippen LogP contribution in [0.1, 0.15) is 37.7 Å². The Bertz CT molecular complexity index is 786. The molecule has 1 saturated carbocycles. The summed E-state index contributed by atoms with van der Waals surface area (Å²) in [4.78, 5) is 40.7. The molecule has 6 nitrogen and oxygen atoms in total. The fourth-order valence-corrected chi connectivity index (χ4v) is 5.29. The Hall–Kier alpha value is -2.21. The summed E-state index contributed by atoms with van der Waals surface area (Å²) in [6.45, 7) is 0.375. The first-order valence-electron chi connectivity index (χ1n) is 9.17. The number of carbonyl (C=O) groups is 3. The number of rotatable bonds is 1. The van der Waals surface area contributed by atoms with E-state index in [-0.39, 0.29) is 23.8 Å². The third kappa shape index (κ3) is 1.80. The average Bonchev–Trinajstić information content (AvgIpc) is 3.24. The zero-order valence-corrected chi connectivity index (χ0v) is 14.0. The smallest absolute Gasteiger partial charge is 0.250 e. The van der Waals surface area contributed by atoms with Gasteiger partial charge >= 0.3 is 0 Å². The maximum atomic E-state index is 13.3. The molecule has 130 valence electrons. The normalized spacial score (nSPS) is 34.6. The van der Waals surface area contributed by atoms with Crippen molar-refractivity contribution in [3.8, 4) is 0 Å². The van der Waals surface area contributed by atoms with Gasteiger partial charge < -0.3 is 5.32 Å². The summed E-state index contributed by atoms with van der Waals surface area (Å²) in [5.74, 6) is -1.55. The highest BCUT2D eigenvalue weighted by Crippen LogP contribution is 2.51. The lowest BCUT2D eigenvalue weighted by molar-refractivity contribution is -0.145. The Morgan fingerprint density at radius 2 is 1.76 bits per heavy atom. The van der Waals surface area contributed by atoms with Crippen LogP contribution in [0.3, 0.4) is 0 Å². The van der Waals surface area contributed by atoms with E-state index in [1.807, 2.05) is 24.3 Å². The molecule has 1 spiro atoms. The fourth-order valence-electron chi connectivity index (χ4n) is 5.29. The first-order valence-corrected chi connectivity index (χ1v) is 9.17. The summed E-state index contributed by atoms with van der Waals surface area (Å²) in [7, 11) is 0. The van der Waals surface area contributed by atoms with Crippen molar-refractivity contribution < 1.29 is 14.4 Å². The number of carbonyl (C=O) groups excluding carboxylic acids is 3. The zero-order chi connectivity index (χ0) is 17.2. The Morgan fingerprint density at radius 3 is 2.56 bits per heavy atom. The predicted molar refractivity (Wildman–Crippen MR) is 90.5 cm³/mol. The summed E-state index contributed by atoms with van der Waals surface area (Å²) in [6.07, 6.45) is 5.06. The van der Waals surface area contributed by atoms with Crippen molar-refractivity contribution >= 4 is 23.4 Å². The third-order valence-corrected chi connectivity index (χ3v) is 6.43. The second-order valence-corrected chi connectivity index (χ2v) is 7.61. The Labute approximate surface area is 145 Å². The molecule has 1 aromatic rings. The van der Waals surface area contributed by atoms with Gasteiger partial charge in [0.1, 0.15) is 5.54 Å². The first kappa shape index (κ1) is 15.1. The molecule has 2 N–H and O–H groups in total. The molecule has 3 fully saturated rings. The molecule has 3 amide bonds. The van der Waals surface area contributed by atoms with Crippen LogP contribution < -0.4 is 10.6 Å². The number of nitrogens with zero attached hydrogens (tertiary/aromatic N) is 1. The maximum absolute atomic E-state index is 13.3. The minimum absolute atomic E-state index is 0.0103. The van der Waals surface area contributed by atoms with Gasteiger partial charge in [-0.1, -0.05) is 37.5 Å². The third-order valence-electron chi connectivity index (χ3n) is 6.43. The Kier molecular flexibility index (Phi) is 3.10. The Morgan fingerprint density at radius 1 is 1.00 bits per heavy atom. The van der Waals surface area contributed by atoms with Crippen LogP contribution in [-0.4, -0.2) is 35.2 Å². The van der Waals surface area contributed by atoms with Gasteiger partial charge in [0, 0.05) is 23.8 Å². The highest BCUT2D eigenvalue weighted by atomic mass is 16.2. The van der Waals surface area contributed by atoms with E-state index in [1.165, 1.54) is 11.3 Å². The SMILES string of the molecule is O=C1[C@H]2CN[C@]3(C(=O)Nc4ccccc43)[C@H]2C(=O)N1C1CCCCC1. The monoisotopic (exact) mass is 339 g/mol. The molecule has 0 radical (unpaired) electrons. The molecule has 4 aliphatic rings. The van der Waals surface area contributed by atoms with Crippen molar-refractivity contribution in [2.45, 2.75) is 43.7 Å². The predicted octanol–water partition coefficient (Wildman–Crippen LogP) is 1.37. The van der Waals surface area contributed by atoms with E-state index >= 15 is 0 Å². The molecule has 2 saturated heterocycles. The van der Waals surface area contributed by atoms with Gasteiger partial charge in [-0.3, -0.25) is 24.6 Å². The van der Waals surface area contributed by atoms with Gasteiger partial charge in [0.2, 0.25) is 17.7 Å². The van der Waals surface area contributed by atoms with E-state index in [1.54, 1.807) is 0 Å². The number of benzene rings is 1. The van der Waals surface area contributed by atoms with Gasteiger partial charge in [-0.15, -0.1) is 0 Å². The molecule has 3 atom stereocenters. The molecule has 5 rings (SSSR count).